The highest BCUT2D eigenvalue weighted by molar-refractivity contribution is 7.10. The SMILES string of the molecule is COc1cc(Nc2snc(C)c2C#N)cc(OC)c1. The van der Waals surface area contributed by atoms with Gasteiger partial charge in [-0.1, -0.05) is 0 Å². The minimum absolute atomic E-state index is 0.562. The summed E-state index contributed by atoms with van der Waals surface area (Å²) in [6, 6.07) is 7.59. The zero-order valence-electron chi connectivity index (χ0n) is 10.9. The van der Waals surface area contributed by atoms with Crippen molar-refractivity contribution in [3.05, 3.63) is 29.5 Å². The molecule has 0 bridgehead atoms. The topological polar surface area (TPSA) is 67.2 Å². The highest BCUT2D eigenvalue weighted by atomic mass is 32.1. The van der Waals surface area contributed by atoms with Gasteiger partial charge in [0.15, 0.2) is 0 Å². The molecule has 0 spiro atoms. The van der Waals surface area contributed by atoms with Gasteiger partial charge in [-0.15, -0.1) is 0 Å². The minimum atomic E-state index is 0.562. The predicted octanol–water partition coefficient (Wildman–Crippen LogP) is 3.08. The summed E-state index contributed by atoms with van der Waals surface area (Å²) in [6.07, 6.45) is 0. The van der Waals surface area contributed by atoms with Crippen molar-refractivity contribution in [1.82, 2.24) is 4.37 Å². The maximum Gasteiger partial charge on any atom is 0.132 e. The number of methoxy groups -OCH3 is 2. The minimum Gasteiger partial charge on any atom is -0.497 e. The molecule has 1 heterocycles. The molecule has 1 aromatic heterocycles. The number of hydrogen-bond donors (Lipinski definition) is 1. The van der Waals surface area contributed by atoms with E-state index >= 15 is 0 Å². The fourth-order valence-electron chi connectivity index (χ4n) is 1.60. The maximum absolute atomic E-state index is 9.09. The van der Waals surface area contributed by atoms with Crippen molar-refractivity contribution in [1.29, 1.82) is 5.26 Å². The molecule has 1 N–H and O–H groups in total. The standard InChI is InChI=1S/C13H13N3O2S/c1-8-12(7-14)13(19-16-8)15-9-4-10(17-2)6-11(5-9)18-3/h4-6,15H,1-3H3. The molecule has 0 atom stereocenters. The van der Waals surface area contributed by atoms with E-state index in [-0.39, 0.29) is 0 Å². The first-order chi connectivity index (χ1) is 9.17. The Labute approximate surface area is 115 Å². The monoisotopic (exact) mass is 275 g/mol. The zero-order chi connectivity index (χ0) is 13.8. The lowest BCUT2D eigenvalue weighted by molar-refractivity contribution is 0.395. The lowest BCUT2D eigenvalue weighted by Gasteiger charge is -2.09. The summed E-state index contributed by atoms with van der Waals surface area (Å²) >= 11 is 1.26. The molecule has 0 aliphatic heterocycles. The summed E-state index contributed by atoms with van der Waals surface area (Å²) in [5.41, 5.74) is 2.08. The van der Waals surface area contributed by atoms with Gasteiger partial charge in [0.2, 0.25) is 0 Å². The van der Waals surface area contributed by atoms with E-state index in [1.807, 2.05) is 19.1 Å². The van der Waals surface area contributed by atoms with Crippen LogP contribution in [0.3, 0.4) is 0 Å². The molecule has 19 heavy (non-hydrogen) atoms. The normalized spacial score (nSPS) is 9.79. The van der Waals surface area contributed by atoms with Crippen LogP contribution in [-0.4, -0.2) is 18.6 Å². The second-order valence-electron chi connectivity index (χ2n) is 3.81. The number of nitriles is 1. The third-order valence-corrected chi connectivity index (χ3v) is 3.44. The molecule has 0 aliphatic carbocycles. The number of rotatable bonds is 4. The molecule has 2 rings (SSSR count). The van der Waals surface area contributed by atoms with Gasteiger partial charge in [-0.2, -0.15) is 9.64 Å². The largest absolute Gasteiger partial charge is 0.497 e. The summed E-state index contributed by atoms with van der Waals surface area (Å²) in [4.78, 5) is 0. The van der Waals surface area contributed by atoms with Crippen LogP contribution in [0.5, 0.6) is 11.5 Å². The Morgan fingerprint density at radius 2 is 1.84 bits per heavy atom. The lowest BCUT2D eigenvalue weighted by Crippen LogP contribution is -1.93. The Hall–Kier alpha value is -2.26. The molecule has 0 fully saturated rings. The molecule has 6 heteroatoms. The number of benzene rings is 1. The molecule has 98 valence electrons. The number of aromatic nitrogens is 1. The van der Waals surface area contributed by atoms with Crippen LogP contribution in [-0.2, 0) is 0 Å². The highest BCUT2D eigenvalue weighted by Crippen LogP contribution is 2.31. The third-order valence-electron chi connectivity index (χ3n) is 2.58. The van der Waals surface area contributed by atoms with Crippen LogP contribution < -0.4 is 14.8 Å². The fraction of sp³-hybridized carbons (Fsp3) is 0.231. The van der Waals surface area contributed by atoms with E-state index < -0.39 is 0 Å². The van der Waals surface area contributed by atoms with Gasteiger partial charge in [-0.25, -0.2) is 0 Å². The van der Waals surface area contributed by atoms with E-state index in [9.17, 15) is 0 Å². The quantitative estimate of drug-likeness (QED) is 0.928. The van der Waals surface area contributed by atoms with Crippen LogP contribution in [0.4, 0.5) is 10.7 Å². The maximum atomic E-state index is 9.09. The molecule has 0 saturated carbocycles. The molecule has 0 saturated heterocycles. The van der Waals surface area contributed by atoms with Crippen LogP contribution in [0.2, 0.25) is 0 Å². The highest BCUT2D eigenvalue weighted by Gasteiger charge is 2.11. The molecule has 1 aromatic carbocycles. The van der Waals surface area contributed by atoms with Crippen molar-refractivity contribution in [2.75, 3.05) is 19.5 Å². The smallest absolute Gasteiger partial charge is 0.132 e. The Kier molecular flexibility index (Phi) is 3.88. The van der Waals surface area contributed by atoms with Crippen LogP contribution in [0.1, 0.15) is 11.3 Å². The van der Waals surface area contributed by atoms with Crippen molar-refractivity contribution >= 4 is 22.2 Å². The fourth-order valence-corrected chi connectivity index (χ4v) is 2.37. The van der Waals surface area contributed by atoms with E-state index in [0.717, 1.165) is 16.4 Å². The van der Waals surface area contributed by atoms with Crippen molar-refractivity contribution in [3.8, 4) is 17.6 Å². The summed E-state index contributed by atoms with van der Waals surface area (Å²) < 4.78 is 14.6. The summed E-state index contributed by atoms with van der Waals surface area (Å²) in [5.74, 6) is 1.36. The van der Waals surface area contributed by atoms with Gasteiger partial charge in [0.1, 0.15) is 28.1 Å². The molecule has 2 aromatic rings. The van der Waals surface area contributed by atoms with Crippen molar-refractivity contribution in [3.63, 3.8) is 0 Å². The van der Waals surface area contributed by atoms with E-state index in [4.69, 9.17) is 14.7 Å². The van der Waals surface area contributed by atoms with Crippen molar-refractivity contribution < 1.29 is 9.47 Å². The second kappa shape index (κ2) is 5.59. The van der Waals surface area contributed by atoms with Gasteiger partial charge in [0.05, 0.1) is 19.9 Å². The zero-order valence-corrected chi connectivity index (χ0v) is 11.7. The number of nitrogens with zero attached hydrogens (tertiary/aromatic N) is 2. The first kappa shape index (κ1) is 13.2. The molecule has 0 unspecified atom stereocenters. The molecular formula is C13H13N3O2S. The van der Waals surface area contributed by atoms with E-state index in [1.54, 1.807) is 20.3 Å². The Morgan fingerprint density at radius 3 is 2.37 bits per heavy atom. The number of hydrogen-bond acceptors (Lipinski definition) is 6. The molecule has 0 amide bonds. The van der Waals surface area contributed by atoms with E-state index in [2.05, 4.69) is 15.8 Å². The Balaban J connectivity index is 2.35. The first-order valence-corrected chi connectivity index (χ1v) is 6.31. The van der Waals surface area contributed by atoms with Gasteiger partial charge in [-0.3, -0.25) is 0 Å². The van der Waals surface area contributed by atoms with E-state index in [1.165, 1.54) is 11.5 Å². The van der Waals surface area contributed by atoms with Crippen LogP contribution in [0.15, 0.2) is 18.2 Å². The van der Waals surface area contributed by atoms with Gasteiger partial charge < -0.3 is 14.8 Å². The number of anilines is 2. The Morgan fingerprint density at radius 1 is 1.21 bits per heavy atom. The first-order valence-electron chi connectivity index (χ1n) is 5.54. The van der Waals surface area contributed by atoms with Gasteiger partial charge >= 0.3 is 0 Å². The van der Waals surface area contributed by atoms with Crippen LogP contribution in [0, 0.1) is 18.3 Å². The molecule has 0 radical (unpaired) electrons. The summed E-state index contributed by atoms with van der Waals surface area (Å²) in [6.45, 7) is 1.81. The third kappa shape index (κ3) is 2.77. The van der Waals surface area contributed by atoms with Crippen molar-refractivity contribution in [2.45, 2.75) is 6.92 Å². The van der Waals surface area contributed by atoms with Gasteiger partial charge in [0, 0.05) is 23.9 Å². The van der Waals surface area contributed by atoms with Gasteiger partial charge in [0.25, 0.3) is 0 Å². The lowest BCUT2D eigenvalue weighted by atomic mass is 10.2. The molecule has 0 aliphatic rings. The van der Waals surface area contributed by atoms with Gasteiger partial charge in [-0.05, 0) is 18.5 Å². The predicted molar refractivity (Wildman–Crippen MR) is 74.4 cm³/mol. The number of nitrogens with one attached hydrogen (secondary N) is 1. The second-order valence-corrected chi connectivity index (χ2v) is 4.58. The number of ether oxygens (including phenoxy) is 2. The van der Waals surface area contributed by atoms with Crippen LogP contribution >= 0.6 is 11.5 Å². The molecule has 5 nitrogen and oxygen atoms in total. The summed E-state index contributed by atoms with van der Waals surface area (Å²) in [7, 11) is 3.19. The van der Waals surface area contributed by atoms with Crippen LogP contribution in [0.25, 0.3) is 0 Å². The number of aryl methyl sites for hydroxylation is 1. The average molecular weight is 275 g/mol. The summed E-state index contributed by atoms with van der Waals surface area (Å²) in [5, 5.41) is 13.0. The van der Waals surface area contributed by atoms with E-state index in [0.29, 0.717) is 17.1 Å². The molecular weight excluding hydrogens is 262 g/mol. The van der Waals surface area contributed by atoms with Crippen molar-refractivity contribution in [2.24, 2.45) is 0 Å². The average Bonchev–Trinajstić information content (AvgIpc) is 2.78. The Bertz CT molecular complexity index is 609.